The Bertz CT molecular complexity index is 373. The third kappa shape index (κ3) is 4.40. The third-order valence-corrected chi connectivity index (χ3v) is 3.67. The Hall–Kier alpha value is -1.79. The number of amides is 3. The van der Waals surface area contributed by atoms with Crippen molar-refractivity contribution in [2.24, 2.45) is 11.8 Å². The Morgan fingerprint density at radius 3 is 2.65 bits per heavy atom. The fraction of sp³-hybridized carbons (Fsp3) is 0.769. The average Bonchev–Trinajstić information content (AvgIpc) is 2.46. The molecule has 1 fully saturated rings. The van der Waals surface area contributed by atoms with Crippen molar-refractivity contribution < 1.29 is 19.5 Å². The quantitative estimate of drug-likeness (QED) is 0.675. The Labute approximate surface area is 118 Å². The van der Waals surface area contributed by atoms with Gasteiger partial charge in [-0.15, -0.1) is 0 Å². The van der Waals surface area contributed by atoms with Crippen LogP contribution in [0.1, 0.15) is 26.2 Å². The second-order valence-corrected chi connectivity index (χ2v) is 5.03. The maximum Gasteiger partial charge on any atom is 0.317 e. The van der Waals surface area contributed by atoms with E-state index in [1.54, 1.807) is 18.9 Å². The Morgan fingerprint density at radius 2 is 2.10 bits per heavy atom. The summed E-state index contributed by atoms with van der Waals surface area (Å²) in [4.78, 5) is 36.0. The number of aliphatic carboxylic acids is 1. The molecular weight excluding hydrogens is 262 g/mol. The molecule has 0 aromatic carbocycles. The molecule has 3 N–H and O–H groups in total. The second-order valence-electron chi connectivity index (χ2n) is 5.03. The number of rotatable bonds is 5. The van der Waals surface area contributed by atoms with E-state index in [9.17, 15) is 14.4 Å². The molecule has 1 saturated heterocycles. The lowest BCUT2D eigenvalue weighted by atomic mass is 9.97. The highest BCUT2D eigenvalue weighted by Gasteiger charge is 2.28. The maximum absolute atomic E-state index is 12.0. The first kappa shape index (κ1) is 16.3. The molecule has 1 rings (SSSR count). The molecule has 114 valence electrons. The van der Waals surface area contributed by atoms with Gasteiger partial charge in [0.2, 0.25) is 5.91 Å². The minimum Gasteiger partial charge on any atom is -0.481 e. The van der Waals surface area contributed by atoms with Crippen LogP contribution in [-0.2, 0) is 9.59 Å². The molecule has 0 aliphatic carbocycles. The first-order valence-corrected chi connectivity index (χ1v) is 6.96. The number of carboxylic acid groups (broad SMARTS) is 1. The van der Waals surface area contributed by atoms with Crippen LogP contribution in [0.15, 0.2) is 0 Å². The van der Waals surface area contributed by atoms with Crippen molar-refractivity contribution in [3.05, 3.63) is 0 Å². The summed E-state index contributed by atoms with van der Waals surface area (Å²) < 4.78 is 0. The topological polar surface area (TPSA) is 98.7 Å². The van der Waals surface area contributed by atoms with E-state index in [0.717, 1.165) is 12.8 Å². The van der Waals surface area contributed by atoms with Gasteiger partial charge in [-0.05, 0) is 19.3 Å². The van der Waals surface area contributed by atoms with E-state index >= 15 is 0 Å². The van der Waals surface area contributed by atoms with Gasteiger partial charge in [0.1, 0.15) is 0 Å². The number of likely N-dealkylation sites (tertiary alicyclic amines) is 1. The molecule has 0 saturated carbocycles. The highest BCUT2D eigenvalue weighted by molar-refractivity contribution is 5.80. The van der Waals surface area contributed by atoms with Crippen molar-refractivity contribution in [3.63, 3.8) is 0 Å². The van der Waals surface area contributed by atoms with Gasteiger partial charge < -0.3 is 20.6 Å². The molecule has 0 aromatic heterocycles. The number of piperidine rings is 1. The van der Waals surface area contributed by atoms with Crippen LogP contribution in [0.4, 0.5) is 4.79 Å². The van der Waals surface area contributed by atoms with Crippen molar-refractivity contribution in [2.75, 3.05) is 26.7 Å². The summed E-state index contributed by atoms with van der Waals surface area (Å²) in [5, 5.41) is 14.2. The number of hydrogen-bond donors (Lipinski definition) is 3. The number of urea groups is 1. The number of nitrogens with one attached hydrogen (secondary N) is 2. The molecular formula is C13H23N3O4. The van der Waals surface area contributed by atoms with Crippen LogP contribution in [0, 0.1) is 11.8 Å². The molecule has 3 amide bonds. The second kappa shape index (κ2) is 7.72. The van der Waals surface area contributed by atoms with Gasteiger partial charge in [-0.3, -0.25) is 9.59 Å². The van der Waals surface area contributed by atoms with E-state index in [0.29, 0.717) is 19.5 Å². The normalized spacial score (nSPS) is 20.1. The van der Waals surface area contributed by atoms with Crippen molar-refractivity contribution in [1.29, 1.82) is 0 Å². The lowest BCUT2D eigenvalue weighted by Gasteiger charge is -2.32. The van der Waals surface area contributed by atoms with Crippen LogP contribution in [0.2, 0.25) is 0 Å². The lowest BCUT2D eigenvalue weighted by molar-refractivity contribution is -0.141. The SMILES string of the molecule is CCC(CNC(=O)N1CCCC(C(=O)NC)C1)C(=O)O. The number of carbonyl (C=O) groups is 3. The third-order valence-electron chi connectivity index (χ3n) is 3.67. The number of carboxylic acids is 1. The van der Waals surface area contributed by atoms with E-state index < -0.39 is 11.9 Å². The summed E-state index contributed by atoms with van der Waals surface area (Å²) >= 11 is 0. The highest BCUT2D eigenvalue weighted by atomic mass is 16.4. The molecule has 0 spiro atoms. The van der Waals surface area contributed by atoms with Crippen molar-refractivity contribution >= 4 is 17.9 Å². The van der Waals surface area contributed by atoms with Gasteiger partial charge in [0.05, 0.1) is 11.8 Å². The van der Waals surface area contributed by atoms with Crippen molar-refractivity contribution in [1.82, 2.24) is 15.5 Å². The predicted octanol–water partition coefficient (Wildman–Crippen LogP) is 0.265. The fourth-order valence-electron chi connectivity index (χ4n) is 2.31. The molecule has 1 aliphatic rings. The van der Waals surface area contributed by atoms with E-state index in [-0.39, 0.29) is 24.4 Å². The Morgan fingerprint density at radius 1 is 1.40 bits per heavy atom. The smallest absolute Gasteiger partial charge is 0.317 e. The minimum atomic E-state index is -0.908. The number of nitrogens with zero attached hydrogens (tertiary/aromatic N) is 1. The molecule has 0 radical (unpaired) electrons. The lowest BCUT2D eigenvalue weighted by Crippen LogP contribution is -2.49. The molecule has 20 heavy (non-hydrogen) atoms. The summed E-state index contributed by atoms with van der Waals surface area (Å²) in [5.74, 6) is -1.71. The minimum absolute atomic E-state index is 0.0560. The van der Waals surface area contributed by atoms with Crippen molar-refractivity contribution in [3.8, 4) is 0 Å². The molecule has 1 aliphatic heterocycles. The van der Waals surface area contributed by atoms with Gasteiger partial charge in [0.25, 0.3) is 0 Å². The maximum atomic E-state index is 12.0. The zero-order valence-corrected chi connectivity index (χ0v) is 12.0. The highest BCUT2D eigenvalue weighted by Crippen LogP contribution is 2.16. The first-order valence-electron chi connectivity index (χ1n) is 6.96. The molecule has 1 heterocycles. The average molecular weight is 285 g/mol. The largest absolute Gasteiger partial charge is 0.481 e. The standard InChI is InChI=1S/C13H23N3O4/c1-3-9(12(18)19)7-15-13(20)16-6-4-5-10(8-16)11(17)14-2/h9-10H,3-8H2,1-2H3,(H,14,17)(H,15,20)(H,18,19). The molecule has 7 heteroatoms. The molecule has 2 unspecified atom stereocenters. The van der Waals surface area contributed by atoms with Gasteiger partial charge >= 0.3 is 12.0 Å². The summed E-state index contributed by atoms with van der Waals surface area (Å²) in [6, 6.07) is -0.293. The number of carbonyl (C=O) groups excluding carboxylic acids is 2. The summed E-state index contributed by atoms with van der Waals surface area (Å²) in [6.45, 7) is 2.87. The summed E-state index contributed by atoms with van der Waals surface area (Å²) in [7, 11) is 1.58. The molecule has 0 aromatic rings. The Balaban J connectivity index is 2.46. The van der Waals surface area contributed by atoms with Crippen LogP contribution in [0.3, 0.4) is 0 Å². The Kier molecular flexibility index (Phi) is 6.27. The predicted molar refractivity (Wildman–Crippen MR) is 73.2 cm³/mol. The van der Waals surface area contributed by atoms with Gasteiger partial charge in [-0.1, -0.05) is 6.92 Å². The van der Waals surface area contributed by atoms with E-state index in [1.807, 2.05) is 0 Å². The van der Waals surface area contributed by atoms with Gasteiger partial charge in [0, 0.05) is 26.7 Å². The fourth-order valence-corrected chi connectivity index (χ4v) is 2.31. The van der Waals surface area contributed by atoms with Crippen molar-refractivity contribution in [2.45, 2.75) is 26.2 Å². The van der Waals surface area contributed by atoms with Crippen LogP contribution >= 0.6 is 0 Å². The molecule has 7 nitrogen and oxygen atoms in total. The van der Waals surface area contributed by atoms with E-state index in [1.165, 1.54) is 0 Å². The van der Waals surface area contributed by atoms with Gasteiger partial charge in [-0.25, -0.2) is 4.79 Å². The summed E-state index contributed by atoms with van der Waals surface area (Å²) in [6.07, 6.45) is 2.02. The molecule has 2 atom stereocenters. The first-order chi connectivity index (χ1) is 9.49. The number of hydrogen-bond acceptors (Lipinski definition) is 3. The van der Waals surface area contributed by atoms with Gasteiger partial charge in [-0.2, -0.15) is 0 Å². The van der Waals surface area contributed by atoms with Crippen LogP contribution in [-0.4, -0.2) is 54.6 Å². The van der Waals surface area contributed by atoms with Crippen LogP contribution in [0.5, 0.6) is 0 Å². The molecule has 0 bridgehead atoms. The van der Waals surface area contributed by atoms with Crippen LogP contribution in [0.25, 0.3) is 0 Å². The van der Waals surface area contributed by atoms with E-state index in [4.69, 9.17) is 5.11 Å². The van der Waals surface area contributed by atoms with Crippen LogP contribution < -0.4 is 10.6 Å². The monoisotopic (exact) mass is 285 g/mol. The zero-order valence-electron chi connectivity index (χ0n) is 12.0. The zero-order chi connectivity index (χ0) is 15.1. The van der Waals surface area contributed by atoms with E-state index in [2.05, 4.69) is 10.6 Å². The summed E-state index contributed by atoms with van der Waals surface area (Å²) in [5.41, 5.74) is 0. The van der Waals surface area contributed by atoms with Gasteiger partial charge in [0.15, 0.2) is 0 Å².